The molecule has 1 aromatic rings. The Bertz CT molecular complexity index is 435. The lowest BCUT2D eigenvalue weighted by Crippen LogP contribution is -2.38. The minimum Gasteiger partial charge on any atom is -0.372 e. The molecular formula is C12H16BrN3OS. The fourth-order valence-corrected chi connectivity index (χ4v) is 3.33. The second kappa shape index (κ2) is 6.43. The van der Waals surface area contributed by atoms with E-state index in [1.165, 1.54) is 12.2 Å². The number of thioether (sulfide) groups is 1. The first-order chi connectivity index (χ1) is 8.70. The number of carbonyl (C=O) groups is 1. The molecule has 1 fully saturated rings. The lowest BCUT2D eigenvalue weighted by Gasteiger charge is -2.22. The van der Waals surface area contributed by atoms with E-state index in [0.29, 0.717) is 11.4 Å². The van der Waals surface area contributed by atoms with E-state index in [-0.39, 0.29) is 11.9 Å². The van der Waals surface area contributed by atoms with Crippen molar-refractivity contribution < 1.29 is 4.79 Å². The van der Waals surface area contributed by atoms with Gasteiger partial charge in [-0.2, -0.15) is 11.8 Å². The van der Waals surface area contributed by atoms with Gasteiger partial charge in [-0.15, -0.1) is 0 Å². The highest BCUT2D eigenvalue weighted by molar-refractivity contribution is 9.10. The fraction of sp³-hybridized carbons (Fsp3) is 0.500. The summed E-state index contributed by atoms with van der Waals surface area (Å²) in [6.45, 7) is 0. The Hall–Kier alpha value is -0.750. The molecule has 0 spiro atoms. The van der Waals surface area contributed by atoms with E-state index in [9.17, 15) is 4.79 Å². The van der Waals surface area contributed by atoms with Gasteiger partial charge in [-0.25, -0.2) is 4.98 Å². The molecule has 1 saturated heterocycles. The molecule has 0 bridgehead atoms. The molecule has 1 aliphatic heterocycles. The molecule has 1 unspecified atom stereocenters. The maximum absolute atomic E-state index is 12.2. The second-order valence-corrected chi connectivity index (χ2v) is 6.25. The van der Waals surface area contributed by atoms with E-state index in [0.717, 1.165) is 16.6 Å². The molecule has 1 amide bonds. The van der Waals surface area contributed by atoms with E-state index >= 15 is 0 Å². The largest absolute Gasteiger partial charge is 0.372 e. The number of pyridine rings is 1. The van der Waals surface area contributed by atoms with Crippen molar-refractivity contribution in [1.29, 1.82) is 0 Å². The molecule has 0 aliphatic carbocycles. The fourth-order valence-electron chi connectivity index (χ4n) is 1.93. The van der Waals surface area contributed by atoms with Gasteiger partial charge in [0.1, 0.15) is 5.82 Å². The van der Waals surface area contributed by atoms with Gasteiger partial charge in [0.25, 0.3) is 5.91 Å². The molecule has 2 rings (SSSR count). The van der Waals surface area contributed by atoms with Gasteiger partial charge in [-0.3, -0.25) is 4.79 Å². The lowest BCUT2D eigenvalue weighted by molar-refractivity contribution is 0.0939. The smallest absolute Gasteiger partial charge is 0.255 e. The first-order valence-corrected chi connectivity index (χ1v) is 7.87. The highest BCUT2D eigenvalue weighted by Gasteiger charge is 2.19. The van der Waals surface area contributed by atoms with Crippen LogP contribution in [-0.4, -0.2) is 35.5 Å². The number of anilines is 1. The van der Waals surface area contributed by atoms with Crippen LogP contribution in [0.15, 0.2) is 16.7 Å². The quantitative estimate of drug-likeness (QED) is 0.894. The predicted octanol–water partition coefficient (Wildman–Crippen LogP) is 2.51. The Morgan fingerprint density at radius 3 is 3.11 bits per heavy atom. The topological polar surface area (TPSA) is 54.0 Å². The maximum atomic E-state index is 12.2. The zero-order valence-corrected chi connectivity index (χ0v) is 12.6. The number of hydrogen-bond acceptors (Lipinski definition) is 4. The number of hydrogen-bond donors (Lipinski definition) is 2. The van der Waals surface area contributed by atoms with Crippen LogP contribution < -0.4 is 10.6 Å². The maximum Gasteiger partial charge on any atom is 0.255 e. The molecule has 0 saturated carbocycles. The van der Waals surface area contributed by atoms with Gasteiger partial charge in [0.15, 0.2) is 0 Å². The normalized spacial score (nSPS) is 19.3. The van der Waals surface area contributed by atoms with Crippen molar-refractivity contribution in [2.45, 2.75) is 18.9 Å². The van der Waals surface area contributed by atoms with Crippen LogP contribution in [0.3, 0.4) is 0 Å². The van der Waals surface area contributed by atoms with Crippen molar-refractivity contribution in [3.63, 3.8) is 0 Å². The molecule has 1 atom stereocenters. The Labute approximate surface area is 119 Å². The zero-order valence-electron chi connectivity index (χ0n) is 10.2. The molecule has 18 heavy (non-hydrogen) atoms. The Balaban J connectivity index is 2.09. The van der Waals surface area contributed by atoms with Crippen molar-refractivity contribution in [3.8, 4) is 0 Å². The third-order valence-electron chi connectivity index (χ3n) is 2.83. The van der Waals surface area contributed by atoms with E-state index in [2.05, 4.69) is 31.5 Å². The average Bonchev–Trinajstić information content (AvgIpc) is 2.40. The molecule has 6 heteroatoms. The molecule has 0 radical (unpaired) electrons. The van der Waals surface area contributed by atoms with Gasteiger partial charge in [0.2, 0.25) is 0 Å². The first-order valence-electron chi connectivity index (χ1n) is 5.92. The van der Waals surface area contributed by atoms with E-state index in [1.807, 2.05) is 11.8 Å². The molecule has 2 heterocycles. The summed E-state index contributed by atoms with van der Waals surface area (Å²) in [5.41, 5.74) is 0.586. The Kier molecular flexibility index (Phi) is 4.88. The van der Waals surface area contributed by atoms with Crippen LogP contribution in [0.2, 0.25) is 0 Å². The Morgan fingerprint density at radius 2 is 2.44 bits per heavy atom. The summed E-state index contributed by atoms with van der Waals surface area (Å²) in [5, 5.41) is 6.02. The molecule has 0 aromatic carbocycles. The van der Waals surface area contributed by atoms with Crippen LogP contribution in [0.25, 0.3) is 0 Å². The summed E-state index contributed by atoms with van der Waals surface area (Å²) in [5.74, 6) is 2.76. The first kappa shape index (κ1) is 13.7. The number of nitrogens with zero attached hydrogens (tertiary/aromatic N) is 1. The highest BCUT2D eigenvalue weighted by Crippen LogP contribution is 2.20. The van der Waals surface area contributed by atoms with Gasteiger partial charge < -0.3 is 10.6 Å². The number of rotatable bonds is 3. The number of aromatic nitrogens is 1. The summed E-state index contributed by atoms with van der Waals surface area (Å²) in [6.07, 6.45) is 3.92. The average molecular weight is 330 g/mol. The molecule has 1 aliphatic rings. The van der Waals surface area contributed by atoms with Gasteiger partial charge in [-0.1, -0.05) is 0 Å². The number of carbonyl (C=O) groups excluding carboxylic acids is 1. The van der Waals surface area contributed by atoms with Crippen LogP contribution in [0.1, 0.15) is 23.2 Å². The minimum absolute atomic E-state index is 0.0550. The van der Waals surface area contributed by atoms with Crippen LogP contribution in [-0.2, 0) is 0 Å². The third kappa shape index (κ3) is 3.38. The van der Waals surface area contributed by atoms with Crippen LogP contribution in [0.4, 0.5) is 5.82 Å². The SMILES string of the molecule is CNc1ncc(Br)cc1C(=O)NC1CCCSC1. The van der Waals surface area contributed by atoms with Gasteiger partial charge >= 0.3 is 0 Å². The van der Waals surface area contributed by atoms with Crippen LogP contribution in [0, 0.1) is 0 Å². The zero-order chi connectivity index (χ0) is 13.0. The molecule has 98 valence electrons. The predicted molar refractivity (Wildman–Crippen MR) is 79.3 cm³/mol. The summed E-state index contributed by atoms with van der Waals surface area (Å²) < 4.78 is 0.810. The number of nitrogens with one attached hydrogen (secondary N) is 2. The van der Waals surface area contributed by atoms with E-state index in [1.54, 1.807) is 19.3 Å². The second-order valence-electron chi connectivity index (χ2n) is 4.19. The molecular weight excluding hydrogens is 314 g/mol. The number of halogens is 1. The van der Waals surface area contributed by atoms with Gasteiger partial charge in [0, 0.05) is 29.5 Å². The molecule has 1 aromatic heterocycles. The van der Waals surface area contributed by atoms with E-state index < -0.39 is 0 Å². The van der Waals surface area contributed by atoms with Crippen molar-refractivity contribution in [3.05, 3.63) is 22.3 Å². The Morgan fingerprint density at radius 1 is 1.61 bits per heavy atom. The summed E-state index contributed by atoms with van der Waals surface area (Å²) in [6, 6.07) is 2.07. The van der Waals surface area contributed by atoms with Crippen LogP contribution in [0.5, 0.6) is 0 Å². The van der Waals surface area contributed by atoms with Crippen molar-refractivity contribution in [2.24, 2.45) is 0 Å². The van der Waals surface area contributed by atoms with Crippen molar-refractivity contribution >= 4 is 39.4 Å². The summed E-state index contributed by atoms with van der Waals surface area (Å²) in [4.78, 5) is 16.4. The monoisotopic (exact) mass is 329 g/mol. The van der Waals surface area contributed by atoms with Crippen molar-refractivity contribution in [2.75, 3.05) is 23.9 Å². The molecule has 2 N–H and O–H groups in total. The van der Waals surface area contributed by atoms with E-state index in [4.69, 9.17) is 0 Å². The third-order valence-corrected chi connectivity index (χ3v) is 4.48. The van der Waals surface area contributed by atoms with Gasteiger partial charge in [0.05, 0.1) is 5.56 Å². The van der Waals surface area contributed by atoms with Crippen LogP contribution >= 0.6 is 27.7 Å². The summed E-state index contributed by atoms with van der Waals surface area (Å²) >= 11 is 5.24. The molecule has 4 nitrogen and oxygen atoms in total. The van der Waals surface area contributed by atoms with Crippen molar-refractivity contribution in [1.82, 2.24) is 10.3 Å². The highest BCUT2D eigenvalue weighted by atomic mass is 79.9. The minimum atomic E-state index is -0.0550. The standard InChI is InChI=1S/C12H16BrN3OS/c1-14-11-10(5-8(13)6-15-11)12(17)16-9-3-2-4-18-7-9/h5-6,9H,2-4,7H2,1H3,(H,14,15)(H,16,17). The summed E-state index contributed by atoms with van der Waals surface area (Å²) in [7, 11) is 1.77. The lowest BCUT2D eigenvalue weighted by atomic mass is 10.1. The van der Waals surface area contributed by atoms with Gasteiger partial charge in [-0.05, 0) is 40.6 Å². The number of amides is 1.